The lowest BCUT2D eigenvalue weighted by atomic mass is 10.0. The quantitative estimate of drug-likeness (QED) is 0.482. The topological polar surface area (TPSA) is 64.3 Å². The van der Waals surface area contributed by atoms with E-state index >= 15 is 0 Å². The molecule has 0 aliphatic heterocycles. The summed E-state index contributed by atoms with van der Waals surface area (Å²) in [6, 6.07) is -0.416. The molecule has 0 fully saturated rings. The van der Waals surface area contributed by atoms with E-state index in [4.69, 9.17) is 10.5 Å². The van der Waals surface area contributed by atoms with Crippen molar-refractivity contribution in [3.8, 4) is 0 Å². The zero-order valence-corrected chi connectivity index (χ0v) is 10.6. The molecular formula is C12H24N2O2. The van der Waals surface area contributed by atoms with Crippen molar-refractivity contribution in [3.63, 3.8) is 0 Å². The molecule has 16 heavy (non-hydrogen) atoms. The van der Waals surface area contributed by atoms with Crippen molar-refractivity contribution in [1.29, 1.82) is 0 Å². The normalized spacial score (nSPS) is 12.6. The molecule has 0 unspecified atom stereocenters. The molecule has 1 amide bonds. The van der Waals surface area contributed by atoms with E-state index in [0.717, 1.165) is 5.57 Å². The van der Waals surface area contributed by atoms with E-state index in [1.54, 1.807) is 0 Å². The average molecular weight is 228 g/mol. The Morgan fingerprint density at radius 3 is 2.62 bits per heavy atom. The molecule has 0 aromatic carbocycles. The Hall–Kier alpha value is -0.870. The molecule has 0 saturated heterocycles. The lowest BCUT2D eigenvalue weighted by Crippen LogP contribution is -2.42. The lowest BCUT2D eigenvalue weighted by molar-refractivity contribution is -0.122. The van der Waals surface area contributed by atoms with Gasteiger partial charge in [0.25, 0.3) is 0 Å². The van der Waals surface area contributed by atoms with E-state index in [1.165, 1.54) is 0 Å². The van der Waals surface area contributed by atoms with Gasteiger partial charge in [-0.1, -0.05) is 26.0 Å². The maximum absolute atomic E-state index is 11.5. The van der Waals surface area contributed by atoms with Crippen molar-refractivity contribution in [2.75, 3.05) is 19.8 Å². The van der Waals surface area contributed by atoms with Crippen LogP contribution in [0.2, 0.25) is 0 Å². The van der Waals surface area contributed by atoms with E-state index in [9.17, 15) is 4.79 Å². The summed E-state index contributed by atoms with van der Waals surface area (Å²) in [5.41, 5.74) is 6.69. The Bertz CT molecular complexity index is 227. The Morgan fingerprint density at radius 2 is 2.12 bits per heavy atom. The van der Waals surface area contributed by atoms with Crippen molar-refractivity contribution >= 4 is 5.91 Å². The minimum Gasteiger partial charge on any atom is -0.375 e. The summed E-state index contributed by atoms with van der Waals surface area (Å²) in [6.45, 7) is 11.2. The third-order valence-corrected chi connectivity index (χ3v) is 1.96. The molecule has 1 atom stereocenters. The summed E-state index contributed by atoms with van der Waals surface area (Å²) in [4.78, 5) is 11.5. The molecule has 3 N–H and O–H groups in total. The first kappa shape index (κ1) is 15.1. The molecule has 0 aliphatic rings. The van der Waals surface area contributed by atoms with E-state index in [-0.39, 0.29) is 5.91 Å². The summed E-state index contributed by atoms with van der Waals surface area (Å²) in [6.07, 6.45) is 0.707. The molecule has 4 nitrogen and oxygen atoms in total. The van der Waals surface area contributed by atoms with Crippen LogP contribution in [0.4, 0.5) is 0 Å². The second-order valence-corrected chi connectivity index (χ2v) is 4.54. The summed E-state index contributed by atoms with van der Waals surface area (Å²) < 4.78 is 5.25. The van der Waals surface area contributed by atoms with Crippen LogP contribution in [0, 0.1) is 5.92 Å². The predicted octanol–water partition coefficient (Wildman–Crippen LogP) is 1.07. The third kappa shape index (κ3) is 8.44. The average Bonchev–Trinajstić information content (AvgIpc) is 2.15. The number of ether oxygens (including phenoxy) is 1. The monoisotopic (exact) mass is 228 g/mol. The van der Waals surface area contributed by atoms with Crippen LogP contribution in [-0.4, -0.2) is 31.7 Å². The maximum Gasteiger partial charge on any atom is 0.237 e. The van der Waals surface area contributed by atoms with Crippen molar-refractivity contribution in [2.24, 2.45) is 11.7 Å². The van der Waals surface area contributed by atoms with Crippen LogP contribution in [0.3, 0.4) is 0 Å². The highest BCUT2D eigenvalue weighted by atomic mass is 16.5. The minimum absolute atomic E-state index is 0.104. The first-order valence-electron chi connectivity index (χ1n) is 5.69. The number of carbonyl (C=O) groups is 1. The van der Waals surface area contributed by atoms with Gasteiger partial charge in [0, 0.05) is 6.54 Å². The molecule has 0 aliphatic carbocycles. The van der Waals surface area contributed by atoms with Crippen LogP contribution in [0.25, 0.3) is 0 Å². The zero-order chi connectivity index (χ0) is 12.6. The molecule has 4 heteroatoms. The first-order valence-corrected chi connectivity index (χ1v) is 5.69. The van der Waals surface area contributed by atoms with Gasteiger partial charge in [-0.2, -0.15) is 0 Å². The highest BCUT2D eigenvalue weighted by Gasteiger charge is 2.13. The molecular weight excluding hydrogens is 204 g/mol. The standard InChI is InChI=1S/C12H24N2O2/c1-9(2)7-11(13)12(15)14-5-6-16-8-10(3)4/h9,11H,3,5-8,13H2,1-2,4H3,(H,14,15)/t11-/m1/s1. The van der Waals surface area contributed by atoms with Crippen LogP contribution >= 0.6 is 0 Å². The van der Waals surface area contributed by atoms with E-state index in [0.29, 0.717) is 32.1 Å². The van der Waals surface area contributed by atoms with Gasteiger partial charge in [0.05, 0.1) is 19.3 Å². The zero-order valence-electron chi connectivity index (χ0n) is 10.6. The van der Waals surface area contributed by atoms with Crippen LogP contribution < -0.4 is 11.1 Å². The lowest BCUT2D eigenvalue weighted by Gasteiger charge is -2.14. The van der Waals surface area contributed by atoms with Crippen molar-refractivity contribution in [2.45, 2.75) is 33.2 Å². The van der Waals surface area contributed by atoms with Crippen molar-refractivity contribution in [1.82, 2.24) is 5.32 Å². The summed E-state index contributed by atoms with van der Waals surface area (Å²) in [7, 11) is 0. The fraction of sp³-hybridized carbons (Fsp3) is 0.750. The maximum atomic E-state index is 11.5. The fourth-order valence-electron chi connectivity index (χ4n) is 1.24. The van der Waals surface area contributed by atoms with Crippen LogP contribution in [0.15, 0.2) is 12.2 Å². The number of hydrogen-bond donors (Lipinski definition) is 2. The third-order valence-electron chi connectivity index (χ3n) is 1.96. The first-order chi connectivity index (χ1) is 7.43. The molecule has 0 rings (SSSR count). The van der Waals surface area contributed by atoms with Gasteiger partial charge < -0.3 is 15.8 Å². The minimum atomic E-state index is -0.416. The number of nitrogens with two attached hydrogens (primary N) is 1. The van der Waals surface area contributed by atoms with Gasteiger partial charge in [0.2, 0.25) is 5.91 Å². The molecule has 0 aromatic heterocycles. The summed E-state index contributed by atoms with van der Waals surface area (Å²) in [5, 5.41) is 2.74. The van der Waals surface area contributed by atoms with Gasteiger partial charge in [-0.15, -0.1) is 0 Å². The van der Waals surface area contributed by atoms with E-state index in [2.05, 4.69) is 11.9 Å². The Kier molecular flexibility index (Phi) is 7.85. The SMILES string of the molecule is C=C(C)COCCNC(=O)[C@H](N)CC(C)C. The number of nitrogens with one attached hydrogen (secondary N) is 1. The highest BCUT2D eigenvalue weighted by Crippen LogP contribution is 2.02. The van der Waals surface area contributed by atoms with Crippen molar-refractivity contribution in [3.05, 3.63) is 12.2 Å². The largest absolute Gasteiger partial charge is 0.375 e. The van der Waals surface area contributed by atoms with Crippen molar-refractivity contribution < 1.29 is 9.53 Å². The van der Waals surface area contributed by atoms with E-state index in [1.807, 2.05) is 20.8 Å². The van der Waals surface area contributed by atoms with Crippen LogP contribution in [-0.2, 0) is 9.53 Å². The Labute approximate surface area is 98.2 Å². The van der Waals surface area contributed by atoms with Gasteiger partial charge >= 0.3 is 0 Å². The van der Waals surface area contributed by atoms with Gasteiger partial charge in [-0.05, 0) is 19.3 Å². The number of carbonyl (C=O) groups excluding carboxylic acids is 1. The number of rotatable bonds is 8. The molecule has 0 spiro atoms. The molecule has 0 saturated carbocycles. The van der Waals surface area contributed by atoms with Gasteiger partial charge in [0.1, 0.15) is 0 Å². The fourth-order valence-corrected chi connectivity index (χ4v) is 1.24. The molecule has 0 heterocycles. The molecule has 0 radical (unpaired) electrons. The van der Waals surface area contributed by atoms with Gasteiger partial charge in [-0.3, -0.25) is 4.79 Å². The molecule has 0 bridgehead atoms. The predicted molar refractivity (Wildman–Crippen MR) is 66.1 cm³/mol. The van der Waals surface area contributed by atoms with Gasteiger partial charge in [0.15, 0.2) is 0 Å². The van der Waals surface area contributed by atoms with Crippen LogP contribution in [0.5, 0.6) is 0 Å². The summed E-state index contributed by atoms with van der Waals surface area (Å²) >= 11 is 0. The molecule has 94 valence electrons. The van der Waals surface area contributed by atoms with Crippen LogP contribution in [0.1, 0.15) is 27.2 Å². The summed E-state index contributed by atoms with van der Waals surface area (Å²) in [5.74, 6) is 0.327. The molecule has 0 aromatic rings. The second-order valence-electron chi connectivity index (χ2n) is 4.54. The van der Waals surface area contributed by atoms with E-state index < -0.39 is 6.04 Å². The highest BCUT2D eigenvalue weighted by molar-refractivity contribution is 5.81. The number of amides is 1. The Morgan fingerprint density at radius 1 is 1.50 bits per heavy atom. The second kappa shape index (κ2) is 8.30. The number of hydrogen-bond acceptors (Lipinski definition) is 3. The Balaban J connectivity index is 3.53. The smallest absolute Gasteiger partial charge is 0.237 e. The van der Waals surface area contributed by atoms with Gasteiger partial charge in [-0.25, -0.2) is 0 Å².